The molecule has 11 heteroatoms. The maximum atomic E-state index is 13.3. The molecule has 1 atom stereocenters. The first kappa shape index (κ1) is 25.9. The van der Waals surface area contributed by atoms with E-state index in [-0.39, 0.29) is 24.2 Å². The molecule has 4 rings (SSSR count). The Morgan fingerprint density at radius 3 is 2.56 bits per heavy atom. The van der Waals surface area contributed by atoms with Crippen molar-refractivity contribution in [3.8, 4) is 0 Å². The van der Waals surface area contributed by atoms with Gasteiger partial charge in [-0.3, -0.25) is 9.59 Å². The van der Waals surface area contributed by atoms with E-state index >= 15 is 0 Å². The number of carbonyl (C=O) groups is 2. The SMILES string of the molecule is CC(=O)Nc1nc2ccc(C(C)C(=O)NCc3ccc(C(F)(F)F)nc3N3CCC(C)CC3)cc2s1. The van der Waals surface area contributed by atoms with Crippen LogP contribution in [0.25, 0.3) is 10.2 Å². The van der Waals surface area contributed by atoms with Crippen molar-refractivity contribution in [2.45, 2.75) is 52.3 Å². The van der Waals surface area contributed by atoms with E-state index in [4.69, 9.17) is 0 Å². The van der Waals surface area contributed by atoms with Gasteiger partial charge >= 0.3 is 6.18 Å². The van der Waals surface area contributed by atoms with Crippen molar-refractivity contribution in [1.82, 2.24) is 15.3 Å². The van der Waals surface area contributed by atoms with Gasteiger partial charge in [-0.05, 0) is 49.4 Å². The molecule has 3 aromatic rings. The Morgan fingerprint density at radius 2 is 1.89 bits per heavy atom. The van der Waals surface area contributed by atoms with E-state index in [1.54, 1.807) is 13.0 Å². The van der Waals surface area contributed by atoms with Crippen LogP contribution in [0.5, 0.6) is 0 Å². The van der Waals surface area contributed by atoms with Crippen LogP contribution >= 0.6 is 11.3 Å². The Kier molecular flexibility index (Phi) is 7.49. The Morgan fingerprint density at radius 1 is 1.17 bits per heavy atom. The number of alkyl halides is 3. The summed E-state index contributed by atoms with van der Waals surface area (Å²) in [4.78, 5) is 34.4. The van der Waals surface area contributed by atoms with E-state index in [0.29, 0.717) is 29.7 Å². The highest BCUT2D eigenvalue weighted by Crippen LogP contribution is 2.33. The number of rotatable bonds is 6. The Hall–Kier alpha value is -3.21. The van der Waals surface area contributed by atoms with Gasteiger partial charge in [0, 0.05) is 32.1 Å². The van der Waals surface area contributed by atoms with Crippen LogP contribution in [0.15, 0.2) is 30.3 Å². The Labute approximate surface area is 211 Å². The van der Waals surface area contributed by atoms with Crippen LogP contribution in [0, 0.1) is 5.92 Å². The van der Waals surface area contributed by atoms with Gasteiger partial charge in [-0.25, -0.2) is 9.97 Å². The third kappa shape index (κ3) is 5.95. The summed E-state index contributed by atoms with van der Waals surface area (Å²) >= 11 is 1.32. The quantitative estimate of drug-likeness (QED) is 0.460. The molecule has 1 unspecified atom stereocenters. The highest BCUT2D eigenvalue weighted by molar-refractivity contribution is 7.22. The molecule has 2 amide bonds. The molecule has 0 bridgehead atoms. The van der Waals surface area contributed by atoms with Gasteiger partial charge in [-0.1, -0.05) is 30.4 Å². The lowest BCUT2D eigenvalue weighted by Gasteiger charge is -2.33. The van der Waals surface area contributed by atoms with Crippen LogP contribution in [-0.2, 0) is 22.3 Å². The minimum Gasteiger partial charge on any atom is -0.356 e. The van der Waals surface area contributed by atoms with Gasteiger partial charge in [0.15, 0.2) is 5.13 Å². The molecule has 1 aromatic carbocycles. The van der Waals surface area contributed by atoms with E-state index in [1.807, 2.05) is 17.0 Å². The lowest BCUT2D eigenvalue weighted by Crippen LogP contribution is -2.35. The number of hydrogen-bond acceptors (Lipinski definition) is 6. The van der Waals surface area contributed by atoms with Crippen LogP contribution in [0.1, 0.15) is 56.4 Å². The van der Waals surface area contributed by atoms with Gasteiger partial charge in [0.25, 0.3) is 0 Å². The first-order valence-corrected chi connectivity index (χ1v) is 12.6. The summed E-state index contributed by atoms with van der Waals surface area (Å²) in [6, 6.07) is 7.84. The van der Waals surface area contributed by atoms with Crippen molar-refractivity contribution < 1.29 is 22.8 Å². The van der Waals surface area contributed by atoms with Gasteiger partial charge in [-0.15, -0.1) is 0 Å². The third-order valence-electron chi connectivity index (χ3n) is 6.37. The minimum absolute atomic E-state index is 0.0746. The maximum absolute atomic E-state index is 13.3. The number of piperidine rings is 1. The second-order valence-corrected chi connectivity index (χ2v) is 10.2. The summed E-state index contributed by atoms with van der Waals surface area (Å²) in [6.07, 6.45) is -2.78. The zero-order valence-electron chi connectivity index (χ0n) is 20.3. The van der Waals surface area contributed by atoms with Crippen LogP contribution in [-0.4, -0.2) is 34.9 Å². The van der Waals surface area contributed by atoms with E-state index in [1.165, 1.54) is 24.3 Å². The number of halogens is 3. The fourth-order valence-corrected chi connectivity index (χ4v) is 5.13. The molecule has 0 spiro atoms. The van der Waals surface area contributed by atoms with Crippen molar-refractivity contribution in [2.75, 3.05) is 23.3 Å². The Bertz CT molecular complexity index is 1270. The predicted octanol–water partition coefficient (Wildman–Crippen LogP) is 5.32. The molecule has 0 saturated carbocycles. The second kappa shape index (κ2) is 10.4. The summed E-state index contributed by atoms with van der Waals surface area (Å²) in [5.41, 5.74) is 1.11. The van der Waals surface area contributed by atoms with Gasteiger partial charge in [0.2, 0.25) is 11.8 Å². The van der Waals surface area contributed by atoms with Crippen LogP contribution in [0.3, 0.4) is 0 Å². The number of amides is 2. The van der Waals surface area contributed by atoms with Gasteiger partial charge in [-0.2, -0.15) is 13.2 Å². The molecule has 7 nitrogen and oxygen atoms in total. The van der Waals surface area contributed by atoms with Crippen LogP contribution < -0.4 is 15.5 Å². The third-order valence-corrected chi connectivity index (χ3v) is 7.30. The molecule has 1 aliphatic heterocycles. The molecule has 3 heterocycles. The summed E-state index contributed by atoms with van der Waals surface area (Å²) < 4.78 is 40.8. The van der Waals surface area contributed by atoms with E-state index in [0.717, 1.165) is 34.7 Å². The smallest absolute Gasteiger partial charge is 0.356 e. The predicted molar refractivity (Wildman–Crippen MR) is 134 cm³/mol. The number of thiazole rings is 1. The monoisotopic (exact) mass is 519 g/mol. The zero-order valence-corrected chi connectivity index (χ0v) is 21.1. The summed E-state index contributed by atoms with van der Waals surface area (Å²) in [5, 5.41) is 6.02. The maximum Gasteiger partial charge on any atom is 0.433 e. The van der Waals surface area contributed by atoms with Crippen molar-refractivity contribution in [1.29, 1.82) is 0 Å². The first-order valence-electron chi connectivity index (χ1n) is 11.8. The summed E-state index contributed by atoms with van der Waals surface area (Å²) in [5.74, 6) is -0.165. The topological polar surface area (TPSA) is 87.2 Å². The molecule has 2 aromatic heterocycles. The lowest BCUT2D eigenvalue weighted by molar-refractivity contribution is -0.141. The molecule has 192 valence electrons. The van der Waals surface area contributed by atoms with Crippen molar-refractivity contribution in [3.05, 3.63) is 47.2 Å². The molecule has 0 aliphatic carbocycles. The molecular weight excluding hydrogens is 491 g/mol. The number of anilines is 2. The molecule has 36 heavy (non-hydrogen) atoms. The number of pyridine rings is 1. The molecule has 1 aliphatic rings. The number of aromatic nitrogens is 2. The normalized spacial score (nSPS) is 15.7. The largest absolute Gasteiger partial charge is 0.433 e. The average molecular weight is 520 g/mol. The average Bonchev–Trinajstić information content (AvgIpc) is 3.22. The summed E-state index contributed by atoms with van der Waals surface area (Å²) in [6.45, 7) is 6.64. The molecule has 0 radical (unpaired) electrons. The van der Waals surface area contributed by atoms with Crippen LogP contribution in [0.2, 0.25) is 0 Å². The Balaban J connectivity index is 1.49. The standard InChI is InChI=1S/C25H28F3N5O2S/c1-14-8-10-33(11-9-14)22-18(5-7-21(32-22)25(26,27)28)13-29-23(35)15(2)17-4-6-19-20(12-17)36-24(31-19)30-16(3)34/h4-7,12,14-15H,8-11,13H2,1-3H3,(H,29,35)(H,30,31,34). The molecule has 2 N–H and O–H groups in total. The number of hydrogen-bond donors (Lipinski definition) is 2. The van der Waals surface area contributed by atoms with E-state index < -0.39 is 17.8 Å². The minimum atomic E-state index is -4.54. The molecular formula is C25H28F3N5O2S. The van der Waals surface area contributed by atoms with Crippen molar-refractivity contribution in [3.63, 3.8) is 0 Å². The van der Waals surface area contributed by atoms with Crippen molar-refractivity contribution >= 4 is 44.3 Å². The lowest BCUT2D eigenvalue weighted by atomic mass is 9.98. The van der Waals surface area contributed by atoms with Gasteiger partial charge in [0.05, 0.1) is 16.1 Å². The number of fused-ring (bicyclic) bond motifs is 1. The number of carbonyl (C=O) groups excluding carboxylic acids is 2. The number of nitrogens with zero attached hydrogens (tertiary/aromatic N) is 3. The fourth-order valence-electron chi connectivity index (χ4n) is 4.17. The highest BCUT2D eigenvalue weighted by Gasteiger charge is 2.34. The summed E-state index contributed by atoms with van der Waals surface area (Å²) in [7, 11) is 0. The van der Waals surface area contributed by atoms with Gasteiger partial charge < -0.3 is 15.5 Å². The van der Waals surface area contributed by atoms with Crippen LogP contribution in [0.4, 0.5) is 24.1 Å². The van der Waals surface area contributed by atoms with Crippen molar-refractivity contribution in [2.24, 2.45) is 5.92 Å². The first-order chi connectivity index (χ1) is 17.0. The molecule has 1 fully saturated rings. The number of nitrogens with one attached hydrogen (secondary N) is 2. The van der Waals surface area contributed by atoms with E-state index in [2.05, 4.69) is 27.5 Å². The highest BCUT2D eigenvalue weighted by atomic mass is 32.1. The fraction of sp³-hybridized carbons (Fsp3) is 0.440. The molecule has 1 saturated heterocycles. The zero-order chi connectivity index (χ0) is 26.0. The van der Waals surface area contributed by atoms with Gasteiger partial charge in [0.1, 0.15) is 11.5 Å². The number of benzene rings is 1. The van der Waals surface area contributed by atoms with E-state index in [9.17, 15) is 22.8 Å². The second-order valence-electron chi connectivity index (χ2n) is 9.21.